The van der Waals surface area contributed by atoms with Crippen LogP contribution in [0.25, 0.3) is 0 Å². The van der Waals surface area contributed by atoms with Crippen LogP contribution in [0.1, 0.15) is 20.3 Å². The zero-order valence-corrected chi connectivity index (χ0v) is 11.9. The van der Waals surface area contributed by atoms with E-state index in [4.69, 9.17) is 0 Å². The summed E-state index contributed by atoms with van der Waals surface area (Å²) in [6.07, 6.45) is 0.694. The Morgan fingerprint density at radius 1 is 1.44 bits per heavy atom. The third kappa shape index (κ3) is 3.03. The first kappa shape index (κ1) is 13.8. The molecule has 0 radical (unpaired) electrons. The van der Waals surface area contributed by atoms with Crippen molar-refractivity contribution in [3.63, 3.8) is 0 Å². The van der Waals surface area contributed by atoms with Crippen molar-refractivity contribution >= 4 is 15.7 Å². The number of carbonyl (C=O) groups is 1. The van der Waals surface area contributed by atoms with Gasteiger partial charge in [0.15, 0.2) is 9.84 Å². The molecule has 0 aliphatic carbocycles. The lowest BCUT2D eigenvalue weighted by Gasteiger charge is -2.29. The van der Waals surface area contributed by atoms with Crippen molar-refractivity contribution in [3.05, 3.63) is 0 Å². The van der Waals surface area contributed by atoms with Crippen LogP contribution in [0.5, 0.6) is 0 Å². The van der Waals surface area contributed by atoms with Gasteiger partial charge < -0.3 is 10.2 Å². The number of nitrogens with one attached hydrogen (secondary N) is 1. The Morgan fingerprint density at radius 2 is 2.17 bits per heavy atom. The first-order valence-electron chi connectivity index (χ1n) is 6.51. The molecular weight excluding hydrogens is 252 g/mol. The number of hydrogen-bond acceptors (Lipinski definition) is 4. The van der Waals surface area contributed by atoms with Gasteiger partial charge in [-0.3, -0.25) is 4.79 Å². The summed E-state index contributed by atoms with van der Waals surface area (Å²) < 4.78 is 22.9. The number of nitrogens with zero attached hydrogens (tertiary/aromatic N) is 1. The molecule has 0 bridgehead atoms. The summed E-state index contributed by atoms with van der Waals surface area (Å²) in [5, 5.41) is 3.26. The van der Waals surface area contributed by atoms with Gasteiger partial charge in [0.05, 0.1) is 16.9 Å². The first-order chi connectivity index (χ1) is 8.30. The SMILES string of the molecule is CC1(C)CNCCN(CC2CCS(=O)(=O)C2)C1=O. The molecule has 0 saturated carbocycles. The summed E-state index contributed by atoms with van der Waals surface area (Å²) in [5.74, 6) is 0.774. The highest BCUT2D eigenvalue weighted by atomic mass is 32.2. The highest BCUT2D eigenvalue weighted by molar-refractivity contribution is 7.91. The number of sulfone groups is 1. The second-order valence-corrected chi connectivity index (χ2v) is 8.31. The molecule has 2 aliphatic rings. The van der Waals surface area contributed by atoms with Gasteiger partial charge in [0.1, 0.15) is 0 Å². The molecule has 2 rings (SSSR count). The quantitative estimate of drug-likeness (QED) is 0.762. The fraction of sp³-hybridized carbons (Fsp3) is 0.917. The Kier molecular flexibility index (Phi) is 3.69. The van der Waals surface area contributed by atoms with Crippen LogP contribution in [0.4, 0.5) is 0 Å². The van der Waals surface area contributed by atoms with Gasteiger partial charge in [0.25, 0.3) is 0 Å². The third-order valence-corrected chi connectivity index (χ3v) is 5.63. The van der Waals surface area contributed by atoms with Gasteiger partial charge in [-0.25, -0.2) is 8.42 Å². The van der Waals surface area contributed by atoms with Crippen LogP contribution in [0.3, 0.4) is 0 Å². The molecule has 1 amide bonds. The van der Waals surface area contributed by atoms with Crippen LogP contribution in [-0.2, 0) is 14.6 Å². The van der Waals surface area contributed by atoms with E-state index in [2.05, 4.69) is 5.32 Å². The van der Waals surface area contributed by atoms with Gasteiger partial charge in [0.2, 0.25) is 5.91 Å². The van der Waals surface area contributed by atoms with Gasteiger partial charge in [-0.15, -0.1) is 0 Å². The molecule has 2 heterocycles. The lowest BCUT2D eigenvalue weighted by Crippen LogP contribution is -2.43. The van der Waals surface area contributed by atoms with Crippen LogP contribution in [-0.4, -0.2) is 56.9 Å². The van der Waals surface area contributed by atoms with Crippen LogP contribution >= 0.6 is 0 Å². The van der Waals surface area contributed by atoms with Crippen molar-refractivity contribution in [3.8, 4) is 0 Å². The van der Waals surface area contributed by atoms with Crippen LogP contribution in [0.2, 0.25) is 0 Å². The molecule has 6 heteroatoms. The minimum absolute atomic E-state index is 0.118. The predicted molar refractivity (Wildman–Crippen MR) is 70.0 cm³/mol. The molecule has 0 spiro atoms. The van der Waals surface area contributed by atoms with E-state index in [1.807, 2.05) is 18.7 Å². The first-order valence-corrected chi connectivity index (χ1v) is 8.33. The van der Waals surface area contributed by atoms with Crippen LogP contribution < -0.4 is 5.32 Å². The van der Waals surface area contributed by atoms with E-state index in [0.717, 1.165) is 6.54 Å². The number of amides is 1. The van der Waals surface area contributed by atoms with Gasteiger partial charge >= 0.3 is 0 Å². The van der Waals surface area contributed by atoms with E-state index in [1.165, 1.54) is 0 Å². The van der Waals surface area contributed by atoms with Gasteiger partial charge in [-0.1, -0.05) is 0 Å². The number of hydrogen-bond donors (Lipinski definition) is 1. The average molecular weight is 274 g/mol. The Balaban J connectivity index is 2.02. The summed E-state index contributed by atoms with van der Waals surface area (Å²) >= 11 is 0. The second kappa shape index (κ2) is 4.81. The van der Waals surface area contributed by atoms with Crippen molar-refractivity contribution < 1.29 is 13.2 Å². The molecule has 2 aliphatic heterocycles. The van der Waals surface area contributed by atoms with Gasteiger partial charge in [-0.2, -0.15) is 0 Å². The topological polar surface area (TPSA) is 66.5 Å². The zero-order valence-electron chi connectivity index (χ0n) is 11.1. The summed E-state index contributed by atoms with van der Waals surface area (Å²) in [4.78, 5) is 14.2. The summed E-state index contributed by atoms with van der Waals surface area (Å²) in [6, 6.07) is 0. The lowest BCUT2D eigenvalue weighted by atomic mass is 9.91. The van der Waals surface area contributed by atoms with E-state index in [1.54, 1.807) is 0 Å². The molecule has 1 unspecified atom stereocenters. The monoisotopic (exact) mass is 274 g/mol. The zero-order chi connectivity index (χ0) is 13.4. The second-order valence-electron chi connectivity index (χ2n) is 6.08. The number of rotatable bonds is 2. The molecule has 0 aromatic rings. The third-order valence-electron chi connectivity index (χ3n) is 3.80. The minimum atomic E-state index is -2.86. The molecule has 5 nitrogen and oxygen atoms in total. The molecule has 1 N–H and O–H groups in total. The van der Waals surface area contributed by atoms with E-state index >= 15 is 0 Å². The van der Waals surface area contributed by atoms with Crippen LogP contribution in [0, 0.1) is 11.3 Å². The molecule has 2 fully saturated rings. The van der Waals surface area contributed by atoms with Crippen molar-refractivity contribution in [1.82, 2.24) is 10.2 Å². The highest BCUT2D eigenvalue weighted by Gasteiger charge is 2.36. The molecule has 104 valence electrons. The molecule has 0 aromatic heterocycles. The van der Waals surface area contributed by atoms with Crippen molar-refractivity contribution in [1.29, 1.82) is 0 Å². The van der Waals surface area contributed by atoms with E-state index < -0.39 is 15.3 Å². The molecule has 2 saturated heterocycles. The number of carbonyl (C=O) groups excluding carboxylic acids is 1. The molecular formula is C12H22N2O3S. The Hall–Kier alpha value is -0.620. The Morgan fingerprint density at radius 3 is 2.78 bits per heavy atom. The predicted octanol–water partition coefficient (Wildman–Crippen LogP) is -0.121. The molecule has 0 aromatic carbocycles. The largest absolute Gasteiger partial charge is 0.341 e. The fourth-order valence-electron chi connectivity index (χ4n) is 2.72. The van der Waals surface area contributed by atoms with E-state index in [-0.39, 0.29) is 23.3 Å². The average Bonchev–Trinajstić information content (AvgIpc) is 2.55. The van der Waals surface area contributed by atoms with Crippen molar-refractivity contribution in [2.75, 3.05) is 37.7 Å². The molecule has 18 heavy (non-hydrogen) atoms. The Labute approximate surface area is 109 Å². The minimum Gasteiger partial charge on any atom is -0.341 e. The van der Waals surface area contributed by atoms with E-state index in [0.29, 0.717) is 26.1 Å². The summed E-state index contributed by atoms with van der Waals surface area (Å²) in [6.45, 7) is 6.61. The van der Waals surface area contributed by atoms with Crippen molar-refractivity contribution in [2.24, 2.45) is 11.3 Å². The maximum atomic E-state index is 12.4. The van der Waals surface area contributed by atoms with Gasteiger partial charge in [0, 0.05) is 26.2 Å². The maximum absolute atomic E-state index is 12.4. The van der Waals surface area contributed by atoms with Gasteiger partial charge in [-0.05, 0) is 26.2 Å². The smallest absolute Gasteiger partial charge is 0.229 e. The fourth-order valence-corrected chi connectivity index (χ4v) is 4.57. The normalized spacial score (nSPS) is 31.3. The van der Waals surface area contributed by atoms with E-state index in [9.17, 15) is 13.2 Å². The van der Waals surface area contributed by atoms with Crippen LogP contribution in [0.15, 0.2) is 0 Å². The van der Waals surface area contributed by atoms with Crippen molar-refractivity contribution in [2.45, 2.75) is 20.3 Å². The maximum Gasteiger partial charge on any atom is 0.229 e. The summed E-state index contributed by atoms with van der Waals surface area (Å²) in [5.41, 5.74) is -0.395. The molecule has 1 atom stereocenters. The lowest BCUT2D eigenvalue weighted by molar-refractivity contribution is -0.139. The summed E-state index contributed by atoms with van der Waals surface area (Å²) in [7, 11) is -2.86. The highest BCUT2D eigenvalue weighted by Crippen LogP contribution is 2.24. The Bertz CT molecular complexity index is 431. The standard InChI is InChI=1S/C12H22N2O3S/c1-12(2)9-13-4-5-14(11(12)15)7-10-3-6-18(16,17)8-10/h10,13H,3-9H2,1-2H3.